The third-order valence-electron chi connectivity index (χ3n) is 2.04. The zero-order chi connectivity index (χ0) is 12.0. The molecule has 0 aliphatic rings. The Balaban J connectivity index is 2.80. The third-order valence-corrected chi connectivity index (χ3v) is 2.83. The van der Waals surface area contributed by atoms with E-state index in [9.17, 15) is 4.79 Å². The highest BCUT2D eigenvalue weighted by Gasteiger charge is 2.03. The molecule has 0 aliphatic heterocycles. The second-order valence-electron chi connectivity index (χ2n) is 3.07. The van der Waals surface area contributed by atoms with Crippen molar-refractivity contribution >= 4 is 17.7 Å². The Kier molecular flexibility index (Phi) is 4.62. The van der Waals surface area contributed by atoms with Gasteiger partial charge in [-0.05, 0) is 30.0 Å². The highest BCUT2D eigenvalue weighted by atomic mass is 32.2. The quantitative estimate of drug-likeness (QED) is 0.638. The van der Waals surface area contributed by atoms with Gasteiger partial charge in [0.2, 0.25) is 5.91 Å². The van der Waals surface area contributed by atoms with E-state index in [1.807, 2.05) is 18.4 Å². The molecule has 1 amide bonds. The van der Waals surface area contributed by atoms with E-state index in [0.29, 0.717) is 12.1 Å². The van der Waals surface area contributed by atoms with Crippen molar-refractivity contribution in [2.75, 3.05) is 6.26 Å². The standard InChI is InChI=1S/C12H12N2OS/c1-3-12(15)14-8-9-4-5-11(16-2)10(6-9)7-13/h3-6H,1,8H2,2H3,(H,14,15). The van der Waals surface area contributed by atoms with Crippen molar-refractivity contribution < 1.29 is 4.79 Å². The van der Waals surface area contributed by atoms with E-state index < -0.39 is 0 Å². The molecular formula is C12H12N2OS. The van der Waals surface area contributed by atoms with Crippen molar-refractivity contribution in [3.8, 4) is 6.07 Å². The molecule has 4 heteroatoms. The van der Waals surface area contributed by atoms with Crippen LogP contribution in [0.2, 0.25) is 0 Å². The number of nitrogens with zero attached hydrogens (tertiary/aromatic N) is 1. The van der Waals surface area contributed by atoms with E-state index in [1.54, 1.807) is 6.07 Å². The zero-order valence-electron chi connectivity index (χ0n) is 8.99. The molecule has 0 unspecified atom stereocenters. The molecule has 0 radical (unpaired) electrons. The highest BCUT2D eigenvalue weighted by Crippen LogP contribution is 2.20. The van der Waals surface area contributed by atoms with Gasteiger partial charge in [0.25, 0.3) is 0 Å². The second kappa shape index (κ2) is 5.99. The van der Waals surface area contributed by atoms with Crippen molar-refractivity contribution in [2.24, 2.45) is 0 Å². The Bertz CT molecular complexity index is 449. The Labute approximate surface area is 99.2 Å². The number of nitrogens with one attached hydrogen (secondary N) is 1. The van der Waals surface area contributed by atoms with Crippen LogP contribution < -0.4 is 5.32 Å². The molecular weight excluding hydrogens is 220 g/mol. The number of amides is 1. The SMILES string of the molecule is C=CC(=O)NCc1ccc(SC)c(C#N)c1. The van der Waals surface area contributed by atoms with Crippen molar-refractivity contribution in [3.63, 3.8) is 0 Å². The summed E-state index contributed by atoms with van der Waals surface area (Å²) in [7, 11) is 0. The first-order valence-corrected chi connectivity index (χ1v) is 5.91. The summed E-state index contributed by atoms with van der Waals surface area (Å²) in [6.07, 6.45) is 3.15. The van der Waals surface area contributed by atoms with Gasteiger partial charge in [-0.2, -0.15) is 5.26 Å². The first-order valence-electron chi connectivity index (χ1n) is 4.68. The van der Waals surface area contributed by atoms with Gasteiger partial charge in [0, 0.05) is 11.4 Å². The lowest BCUT2D eigenvalue weighted by molar-refractivity contribution is -0.116. The summed E-state index contributed by atoms with van der Waals surface area (Å²) >= 11 is 1.53. The largest absolute Gasteiger partial charge is 0.348 e. The van der Waals surface area contributed by atoms with Crippen LogP contribution in [0.1, 0.15) is 11.1 Å². The van der Waals surface area contributed by atoms with Gasteiger partial charge < -0.3 is 5.32 Å². The van der Waals surface area contributed by atoms with Crippen LogP contribution in [0.25, 0.3) is 0 Å². The van der Waals surface area contributed by atoms with Gasteiger partial charge in [0.1, 0.15) is 6.07 Å². The maximum atomic E-state index is 11.0. The van der Waals surface area contributed by atoms with Crippen LogP contribution >= 0.6 is 11.8 Å². The van der Waals surface area contributed by atoms with Crippen LogP contribution in [0.15, 0.2) is 35.7 Å². The van der Waals surface area contributed by atoms with Gasteiger partial charge in [-0.1, -0.05) is 12.6 Å². The maximum Gasteiger partial charge on any atom is 0.243 e. The van der Waals surface area contributed by atoms with Gasteiger partial charge in [0.05, 0.1) is 5.56 Å². The average molecular weight is 232 g/mol. The molecule has 0 bridgehead atoms. The van der Waals surface area contributed by atoms with Crippen LogP contribution in [-0.2, 0) is 11.3 Å². The zero-order valence-corrected chi connectivity index (χ0v) is 9.80. The number of nitriles is 1. The minimum Gasteiger partial charge on any atom is -0.348 e. The summed E-state index contributed by atoms with van der Waals surface area (Å²) in [6, 6.07) is 7.71. The van der Waals surface area contributed by atoms with E-state index in [1.165, 1.54) is 17.8 Å². The van der Waals surface area contributed by atoms with Crippen molar-refractivity contribution in [2.45, 2.75) is 11.4 Å². The number of carbonyl (C=O) groups is 1. The molecule has 1 aromatic carbocycles. The summed E-state index contributed by atoms with van der Waals surface area (Å²) in [5, 5.41) is 11.6. The normalized spacial score (nSPS) is 9.25. The molecule has 0 atom stereocenters. The molecule has 1 aromatic rings. The molecule has 0 heterocycles. The predicted octanol–water partition coefficient (Wildman–Crippen LogP) is 2.08. The summed E-state index contributed by atoms with van der Waals surface area (Å²) in [6.45, 7) is 3.78. The third kappa shape index (κ3) is 3.14. The van der Waals surface area contributed by atoms with E-state index in [4.69, 9.17) is 5.26 Å². The van der Waals surface area contributed by atoms with Crippen LogP contribution in [0, 0.1) is 11.3 Å². The van der Waals surface area contributed by atoms with E-state index in [-0.39, 0.29) is 5.91 Å². The Morgan fingerprint density at radius 3 is 3.00 bits per heavy atom. The molecule has 0 saturated heterocycles. The summed E-state index contributed by atoms with van der Waals surface area (Å²) in [5.41, 5.74) is 1.54. The lowest BCUT2D eigenvalue weighted by Gasteiger charge is -2.05. The number of benzene rings is 1. The highest BCUT2D eigenvalue weighted by molar-refractivity contribution is 7.98. The van der Waals surface area contributed by atoms with Crippen LogP contribution in [0.5, 0.6) is 0 Å². The van der Waals surface area contributed by atoms with E-state index in [0.717, 1.165) is 10.5 Å². The fourth-order valence-electron chi connectivity index (χ4n) is 1.21. The lowest BCUT2D eigenvalue weighted by Crippen LogP contribution is -2.19. The van der Waals surface area contributed by atoms with Gasteiger partial charge >= 0.3 is 0 Å². The average Bonchev–Trinajstić information content (AvgIpc) is 2.35. The molecule has 82 valence electrons. The smallest absolute Gasteiger partial charge is 0.243 e. The van der Waals surface area contributed by atoms with Gasteiger partial charge in [-0.3, -0.25) is 4.79 Å². The number of rotatable bonds is 4. The molecule has 0 fully saturated rings. The van der Waals surface area contributed by atoms with Gasteiger partial charge in [-0.25, -0.2) is 0 Å². The molecule has 0 aliphatic carbocycles. The molecule has 1 rings (SSSR count). The van der Waals surface area contributed by atoms with E-state index in [2.05, 4.69) is 18.0 Å². The predicted molar refractivity (Wildman–Crippen MR) is 65.0 cm³/mol. The number of carbonyl (C=O) groups excluding carboxylic acids is 1. The van der Waals surface area contributed by atoms with Crippen LogP contribution in [0.4, 0.5) is 0 Å². The lowest BCUT2D eigenvalue weighted by atomic mass is 10.1. The van der Waals surface area contributed by atoms with Crippen LogP contribution in [-0.4, -0.2) is 12.2 Å². The molecule has 16 heavy (non-hydrogen) atoms. The maximum absolute atomic E-state index is 11.0. The monoisotopic (exact) mass is 232 g/mol. The summed E-state index contributed by atoms with van der Waals surface area (Å²) in [4.78, 5) is 11.9. The Hall–Kier alpha value is -1.73. The van der Waals surface area contributed by atoms with Crippen LogP contribution in [0.3, 0.4) is 0 Å². The minimum absolute atomic E-state index is 0.215. The van der Waals surface area contributed by atoms with Gasteiger partial charge in [0.15, 0.2) is 0 Å². The second-order valence-corrected chi connectivity index (χ2v) is 3.92. The van der Waals surface area contributed by atoms with Crippen molar-refractivity contribution in [1.82, 2.24) is 5.32 Å². The minimum atomic E-state index is -0.215. The summed E-state index contributed by atoms with van der Waals surface area (Å²) in [5.74, 6) is -0.215. The molecule has 0 saturated carbocycles. The topological polar surface area (TPSA) is 52.9 Å². The van der Waals surface area contributed by atoms with Gasteiger partial charge in [-0.15, -0.1) is 11.8 Å². The number of hydrogen-bond acceptors (Lipinski definition) is 3. The first-order chi connectivity index (χ1) is 7.71. The fraction of sp³-hybridized carbons (Fsp3) is 0.167. The fourth-order valence-corrected chi connectivity index (χ4v) is 1.74. The molecule has 3 nitrogen and oxygen atoms in total. The van der Waals surface area contributed by atoms with Crippen molar-refractivity contribution in [1.29, 1.82) is 5.26 Å². The Morgan fingerprint density at radius 2 is 2.44 bits per heavy atom. The van der Waals surface area contributed by atoms with Crippen molar-refractivity contribution in [3.05, 3.63) is 42.0 Å². The molecule has 1 N–H and O–H groups in total. The summed E-state index contributed by atoms with van der Waals surface area (Å²) < 4.78 is 0. The molecule has 0 spiro atoms. The first kappa shape index (κ1) is 12.3. The number of thioether (sulfide) groups is 1. The Morgan fingerprint density at radius 1 is 1.69 bits per heavy atom. The number of hydrogen-bond donors (Lipinski definition) is 1. The van der Waals surface area contributed by atoms with E-state index >= 15 is 0 Å². The molecule has 0 aromatic heterocycles.